The third-order valence-corrected chi connectivity index (χ3v) is 4.80. The Morgan fingerprint density at radius 3 is 2.26 bits per heavy atom. The minimum atomic E-state index is -3.92. The molecule has 0 radical (unpaired) electrons. The predicted octanol–water partition coefficient (Wildman–Crippen LogP) is 3.35. The van der Waals surface area contributed by atoms with Crippen molar-refractivity contribution in [3.05, 3.63) is 48.0 Å². The largest absolute Gasteiger partial charge is 0.486 e. The molecule has 0 aromatic heterocycles. The van der Waals surface area contributed by atoms with Crippen LogP contribution in [0.5, 0.6) is 17.2 Å². The Bertz CT molecular complexity index is 794. The SMILES string of the molecule is CC(C)c1ccc(OS(=O)(=O)c2ccc3c(c2)OCCO3)cc1. The van der Waals surface area contributed by atoms with Gasteiger partial charge in [-0.2, -0.15) is 8.42 Å². The highest BCUT2D eigenvalue weighted by Gasteiger charge is 2.21. The molecule has 0 saturated heterocycles. The number of hydrogen-bond acceptors (Lipinski definition) is 5. The van der Waals surface area contributed by atoms with Crippen molar-refractivity contribution in [1.82, 2.24) is 0 Å². The van der Waals surface area contributed by atoms with Gasteiger partial charge < -0.3 is 13.7 Å². The molecule has 2 aromatic rings. The third-order valence-electron chi connectivity index (χ3n) is 3.56. The molecule has 0 saturated carbocycles. The van der Waals surface area contributed by atoms with Gasteiger partial charge in [-0.15, -0.1) is 0 Å². The first-order chi connectivity index (χ1) is 11.0. The molecule has 0 spiro atoms. The Kier molecular flexibility index (Phi) is 4.17. The zero-order chi connectivity index (χ0) is 16.4. The molecular formula is C17H18O5S. The zero-order valence-electron chi connectivity index (χ0n) is 13.0. The summed E-state index contributed by atoms with van der Waals surface area (Å²) in [5.41, 5.74) is 1.12. The van der Waals surface area contributed by atoms with Gasteiger partial charge >= 0.3 is 10.1 Å². The summed E-state index contributed by atoms with van der Waals surface area (Å²) >= 11 is 0. The van der Waals surface area contributed by atoms with Gasteiger partial charge in [0.15, 0.2) is 11.5 Å². The normalized spacial score (nSPS) is 13.9. The maximum atomic E-state index is 12.4. The monoisotopic (exact) mass is 334 g/mol. The fourth-order valence-electron chi connectivity index (χ4n) is 2.26. The Balaban J connectivity index is 1.84. The van der Waals surface area contributed by atoms with Gasteiger partial charge in [-0.05, 0) is 35.7 Å². The molecule has 0 aliphatic carbocycles. The molecule has 0 amide bonds. The van der Waals surface area contributed by atoms with Gasteiger partial charge in [0.05, 0.1) is 0 Å². The molecule has 0 atom stereocenters. The van der Waals surface area contributed by atoms with E-state index in [1.807, 2.05) is 12.1 Å². The van der Waals surface area contributed by atoms with Gasteiger partial charge in [0.1, 0.15) is 23.9 Å². The number of rotatable bonds is 4. The number of fused-ring (bicyclic) bond motifs is 1. The average Bonchev–Trinajstić information content (AvgIpc) is 2.54. The van der Waals surface area contributed by atoms with Crippen molar-refractivity contribution in [2.24, 2.45) is 0 Å². The van der Waals surface area contributed by atoms with E-state index in [1.54, 1.807) is 18.2 Å². The number of benzene rings is 2. The summed E-state index contributed by atoms with van der Waals surface area (Å²) in [6.45, 7) is 5.00. The summed E-state index contributed by atoms with van der Waals surface area (Å²) < 4.78 is 40.8. The van der Waals surface area contributed by atoms with Gasteiger partial charge in [-0.1, -0.05) is 26.0 Å². The van der Waals surface area contributed by atoms with Crippen LogP contribution >= 0.6 is 0 Å². The molecule has 6 heteroatoms. The van der Waals surface area contributed by atoms with Crippen molar-refractivity contribution in [2.45, 2.75) is 24.7 Å². The lowest BCUT2D eigenvalue weighted by molar-refractivity contribution is 0.171. The average molecular weight is 334 g/mol. The minimum Gasteiger partial charge on any atom is -0.486 e. The second-order valence-electron chi connectivity index (χ2n) is 5.57. The van der Waals surface area contributed by atoms with E-state index in [-0.39, 0.29) is 10.6 Å². The first kappa shape index (κ1) is 15.7. The minimum absolute atomic E-state index is 0.0367. The quantitative estimate of drug-likeness (QED) is 0.803. The molecule has 1 aliphatic rings. The van der Waals surface area contributed by atoms with Gasteiger partial charge in [-0.25, -0.2) is 0 Å². The van der Waals surface area contributed by atoms with Crippen LogP contribution in [0.4, 0.5) is 0 Å². The standard InChI is InChI=1S/C17H18O5S/c1-12(2)13-3-5-14(6-4-13)22-23(18,19)15-7-8-16-17(11-15)21-10-9-20-16/h3-8,11-12H,9-10H2,1-2H3. The second kappa shape index (κ2) is 6.12. The third kappa shape index (κ3) is 3.42. The molecule has 2 aromatic carbocycles. The van der Waals surface area contributed by atoms with Crippen LogP contribution in [-0.4, -0.2) is 21.6 Å². The second-order valence-corrected chi connectivity index (χ2v) is 7.11. The molecule has 1 aliphatic heterocycles. The smallest absolute Gasteiger partial charge is 0.339 e. The van der Waals surface area contributed by atoms with E-state index < -0.39 is 10.1 Å². The fraction of sp³-hybridized carbons (Fsp3) is 0.294. The number of hydrogen-bond donors (Lipinski definition) is 0. The Morgan fingerprint density at radius 1 is 0.957 bits per heavy atom. The first-order valence-electron chi connectivity index (χ1n) is 7.40. The lowest BCUT2D eigenvalue weighted by Crippen LogP contribution is -2.16. The van der Waals surface area contributed by atoms with E-state index in [0.717, 1.165) is 5.56 Å². The van der Waals surface area contributed by atoms with Gasteiger partial charge in [0, 0.05) is 6.07 Å². The van der Waals surface area contributed by atoms with Crippen LogP contribution < -0.4 is 13.7 Å². The van der Waals surface area contributed by atoms with Crippen molar-refractivity contribution in [3.63, 3.8) is 0 Å². The van der Waals surface area contributed by atoms with Crippen LogP contribution in [0.1, 0.15) is 25.3 Å². The molecule has 0 unspecified atom stereocenters. The summed E-state index contributed by atoms with van der Waals surface area (Å²) in [5, 5.41) is 0. The Labute approximate surface area is 135 Å². The highest BCUT2D eigenvalue weighted by atomic mass is 32.2. The van der Waals surface area contributed by atoms with Gasteiger partial charge in [-0.3, -0.25) is 0 Å². The molecule has 5 nitrogen and oxygen atoms in total. The predicted molar refractivity (Wildman–Crippen MR) is 85.8 cm³/mol. The van der Waals surface area contributed by atoms with Crippen molar-refractivity contribution < 1.29 is 22.1 Å². The van der Waals surface area contributed by atoms with E-state index in [9.17, 15) is 8.42 Å². The van der Waals surface area contributed by atoms with Crippen LogP contribution in [-0.2, 0) is 10.1 Å². The van der Waals surface area contributed by atoms with Crippen LogP contribution in [0.2, 0.25) is 0 Å². The Morgan fingerprint density at radius 2 is 1.61 bits per heavy atom. The van der Waals surface area contributed by atoms with Crippen molar-refractivity contribution in [1.29, 1.82) is 0 Å². The summed E-state index contributed by atoms with van der Waals surface area (Å²) in [5.74, 6) is 1.61. The van der Waals surface area contributed by atoms with Crippen molar-refractivity contribution >= 4 is 10.1 Å². The van der Waals surface area contributed by atoms with E-state index in [1.165, 1.54) is 12.1 Å². The molecule has 0 bridgehead atoms. The summed E-state index contributed by atoms with van der Waals surface area (Å²) in [6.07, 6.45) is 0. The molecule has 122 valence electrons. The zero-order valence-corrected chi connectivity index (χ0v) is 13.8. The topological polar surface area (TPSA) is 61.8 Å². The van der Waals surface area contributed by atoms with Gasteiger partial charge in [0.25, 0.3) is 0 Å². The lowest BCUT2D eigenvalue weighted by atomic mass is 10.0. The van der Waals surface area contributed by atoms with Crippen molar-refractivity contribution in [2.75, 3.05) is 13.2 Å². The summed E-state index contributed by atoms with van der Waals surface area (Å²) in [4.78, 5) is 0.0367. The highest BCUT2D eigenvalue weighted by molar-refractivity contribution is 7.87. The molecule has 0 fully saturated rings. The molecule has 1 heterocycles. The first-order valence-corrected chi connectivity index (χ1v) is 8.80. The van der Waals surface area contributed by atoms with E-state index in [4.69, 9.17) is 13.7 Å². The maximum absolute atomic E-state index is 12.4. The van der Waals surface area contributed by atoms with Crippen LogP contribution in [0.15, 0.2) is 47.4 Å². The summed E-state index contributed by atoms with van der Waals surface area (Å²) in [6, 6.07) is 11.5. The van der Waals surface area contributed by atoms with Crippen LogP contribution in [0.3, 0.4) is 0 Å². The van der Waals surface area contributed by atoms with E-state index in [2.05, 4.69) is 13.8 Å². The lowest BCUT2D eigenvalue weighted by Gasteiger charge is -2.18. The van der Waals surface area contributed by atoms with E-state index in [0.29, 0.717) is 30.6 Å². The Hall–Kier alpha value is -2.21. The summed E-state index contributed by atoms with van der Waals surface area (Å²) in [7, 11) is -3.92. The maximum Gasteiger partial charge on any atom is 0.339 e. The molecule has 0 N–H and O–H groups in total. The van der Waals surface area contributed by atoms with Crippen molar-refractivity contribution in [3.8, 4) is 17.2 Å². The van der Waals surface area contributed by atoms with Gasteiger partial charge in [0.2, 0.25) is 0 Å². The molecule has 23 heavy (non-hydrogen) atoms. The van der Waals surface area contributed by atoms with Crippen LogP contribution in [0, 0.1) is 0 Å². The highest BCUT2D eigenvalue weighted by Crippen LogP contribution is 2.33. The van der Waals surface area contributed by atoms with E-state index >= 15 is 0 Å². The number of ether oxygens (including phenoxy) is 2. The van der Waals surface area contributed by atoms with Crippen LogP contribution in [0.25, 0.3) is 0 Å². The molecule has 3 rings (SSSR count). The molecular weight excluding hydrogens is 316 g/mol. The fourth-order valence-corrected chi connectivity index (χ4v) is 3.21.